The lowest BCUT2D eigenvalue weighted by Gasteiger charge is -2.16. The Labute approximate surface area is 103 Å². The van der Waals surface area contributed by atoms with Crippen LogP contribution in [0.5, 0.6) is 5.75 Å². The smallest absolute Gasteiger partial charge is 0.125 e. The number of fused-ring (bicyclic) bond motifs is 1. The summed E-state index contributed by atoms with van der Waals surface area (Å²) in [6, 6.07) is 4.10. The summed E-state index contributed by atoms with van der Waals surface area (Å²) in [6.07, 6.45) is 3.46. The number of hydrogen-bond acceptors (Lipinski definition) is 3. The highest BCUT2D eigenvalue weighted by molar-refractivity contribution is 5.45. The minimum Gasteiger partial charge on any atom is -0.493 e. The average Bonchev–Trinajstić information content (AvgIpc) is 2.54. The number of nitrogens with two attached hydrogens (primary N) is 1. The summed E-state index contributed by atoms with van der Waals surface area (Å²) >= 11 is 0. The maximum Gasteiger partial charge on any atom is 0.125 e. The highest BCUT2D eigenvalue weighted by Crippen LogP contribution is 2.31. The van der Waals surface area contributed by atoms with Gasteiger partial charge in [0.15, 0.2) is 0 Å². The van der Waals surface area contributed by atoms with Crippen LogP contribution in [0.15, 0.2) is 12.1 Å². The molecule has 17 heavy (non-hydrogen) atoms. The van der Waals surface area contributed by atoms with E-state index in [4.69, 9.17) is 10.5 Å². The molecule has 1 heterocycles. The molecule has 1 aromatic rings. The average molecular weight is 235 g/mol. The van der Waals surface area contributed by atoms with Crippen molar-refractivity contribution in [2.45, 2.75) is 38.7 Å². The van der Waals surface area contributed by atoms with Crippen LogP contribution in [0.3, 0.4) is 0 Å². The number of rotatable bonds is 3. The van der Waals surface area contributed by atoms with E-state index in [9.17, 15) is 5.11 Å². The van der Waals surface area contributed by atoms with Crippen molar-refractivity contribution in [3.63, 3.8) is 0 Å². The first kappa shape index (κ1) is 12.4. The maximum absolute atomic E-state index is 10.00. The van der Waals surface area contributed by atoms with Crippen LogP contribution in [0.1, 0.15) is 42.1 Å². The molecule has 0 radical (unpaired) electrons. The summed E-state index contributed by atoms with van der Waals surface area (Å²) in [5, 5.41) is 10.00. The molecule has 0 amide bonds. The van der Waals surface area contributed by atoms with Gasteiger partial charge in [0.05, 0.1) is 12.7 Å². The topological polar surface area (TPSA) is 55.5 Å². The molecular weight excluding hydrogens is 214 g/mol. The first-order valence-corrected chi connectivity index (χ1v) is 6.36. The van der Waals surface area contributed by atoms with Gasteiger partial charge in [0, 0.05) is 0 Å². The molecular formula is C14H21NO2. The molecule has 1 unspecified atom stereocenters. The molecule has 3 heteroatoms. The molecule has 0 spiro atoms. The summed E-state index contributed by atoms with van der Waals surface area (Å²) in [5.41, 5.74) is 8.80. The zero-order chi connectivity index (χ0) is 12.3. The maximum atomic E-state index is 10.00. The summed E-state index contributed by atoms with van der Waals surface area (Å²) in [5.74, 6) is 1.02. The van der Waals surface area contributed by atoms with Crippen LogP contribution in [0.25, 0.3) is 0 Å². The monoisotopic (exact) mass is 235 g/mol. The van der Waals surface area contributed by atoms with Crippen molar-refractivity contribution in [3.05, 3.63) is 28.8 Å². The molecule has 0 aromatic heterocycles. The number of aliphatic hydroxyl groups excluding tert-OH is 1. The van der Waals surface area contributed by atoms with Gasteiger partial charge in [0.25, 0.3) is 0 Å². The predicted octanol–water partition coefficient (Wildman–Crippen LogP) is 2.09. The first-order chi connectivity index (χ1) is 8.22. The van der Waals surface area contributed by atoms with Crippen LogP contribution >= 0.6 is 0 Å². The first-order valence-electron chi connectivity index (χ1n) is 6.36. The fourth-order valence-electron chi connectivity index (χ4n) is 2.38. The van der Waals surface area contributed by atoms with E-state index in [1.807, 2.05) is 13.0 Å². The molecule has 0 bridgehead atoms. The van der Waals surface area contributed by atoms with Crippen molar-refractivity contribution in [3.8, 4) is 5.75 Å². The highest BCUT2D eigenvalue weighted by Gasteiger charge is 2.15. The molecule has 2 rings (SSSR count). The normalized spacial score (nSPS) is 16.9. The highest BCUT2D eigenvalue weighted by atomic mass is 16.5. The van der Waals surface area contributed by atoms with Gasteiger partial charge in [-0.15, -0.1) is 0 Å². The van der Waals surface area contributed by atoms with E-state index in [1.165, 1.54) is 5.56 Å². The van der Waals surface area contributed by atoms with Crippen molar-refractivity contribution in [2.75, 3.05) is 13.2 Å². The number of benzene rings is 1. The Morgan fingerprint density at radius 3 is 3.00 bits per heavy atom. The molecule has 0 saturated heterocycles. The quantitative estimate of drug-likeness (QED) is 0.843. The predicted molar refractivity (Wildman–Crippen MR) is 68.2 cm³/mol. The van der Waals surface area contributed by atoms with Gasteiger partial charge in [0.2, 0.25) is 0 Å². The van der Waals surface area contributed by atoms with Gasteiger partial charge < -0.3 is 15.6 Å². The van der Waals surface area contributed by atoms with Crippen LogP contribution < -0.4 is 10.5 Å². The van der Waals surface area contributed by atoms with Gasteiger partial charge in [-0.05, 0) is 68.0 Å². The van der Waals surface area contributed by atoms with Crippen molar-refractivity contribution >= 4 is 0 Å². The SMILES string of the molecule is Cc1cc(C(O)CCN)cc2c1OCCCC2. The standard InChI is InChI=1S/C14H21NO2/c1-10-8-12(13(16)5-6-15)9-11-4-2-3-7-17-14(10)11/h8-9,13,16H,2-7,15H2,1H3. The molecule has 1 aromatic carbocycles. The molecule has 1 atom stereocenters. The summed E-state index contributed by atoms with van der Waals surface area (Å²) in [4.78, 5) is 0. The molecule has 3 N–H and O–H groups in total. The van der Waals surface area contributed by atoms with Crippen molar-refractivity contribution in [1.82, 2.24) is 0 Å². The molecule has 0 saturated carbocycles. The van der Waals surface area contributed by atoms with Gasteiger partial charge in [-0.25, -0.2) is 0 Å². The van der Waals surface area contributed by atoms with E-state index in [1.54, 1.807) is 0 Å². The van der Waals surface area contributed by atoms with Crippen LogP contribution in [-0.4, -0.2) is 18.3 Å². The van der Waals surface area contributed by atoms with E-state index in [0.29, 0.717) is 13.0 Å². The van der Waals surface area contributed by atoms with Gasteiger partial charge in [-0.2, -0.15) is 0 Å². The lowest BCUT2D eigenvalue weighted by molar-refractivity contribution is 0.170. The zero-order valence-corrected chi connectivity index (χ0v) is 10.4. The van der Waals surface area contributed by atoms with E-state index < -0.39 is 6.10 Å². The Bertz CT molecular complexity index is 390. The number of hydrogen-bond donors (Lipinski definition) is 2. The zero-order valence-electron chi connectivity index (χ0n) is 10.4. The van der Waals surface area contributed by atoms with Gasteiger partial charge in [-0.3, -0.25) is 0 Å². The number of aryl methyl sites for hydroxylation is 2. The third-order valence-corrected chi connectivity index (χ3v) is 3.29. The largest absolute Gasteiger partial charge is 0.493 e. The minimum atomic E-state index is -0.452. The van der Waals surface area contributed by atoms with E-state index >= 15 is 0 Å². The Balaban J connectivity index is 2.31. The fraction of sp³-hybridized carbons (Fsp3) is 0.571. The third kappa shape index (κ3) is 2.79. The second-order valence-electron chi connectivity index (χ2n) is 4.72. The van der Waals surface area contributed by atoms with Crippen LogP contribution in [0.2, 0.25) is 0 Å². The van der Waals surface area contributed by atoms with Crippen molar-refractivity contribution < 1.29 is 9.84 Å². The number of ether oxygens (including phenoxy) is 1. The van der Waals surface area contributed by atoms with Crippen molar-refractivity contribution in [2.24, 2.45) is 5.73 Å². The Kier molecular flexibility index (Phi) is 4.02. The van der Waals surface area contributed by atoms with E-state index in [2.05, 4.69) is 6.07 Å². The third-order valence-electron chi connectivity index (χ3n) is 3.29. The molecule has 94 valence electrons. The van der Waals surface area contributed by atoms with Gasteiger partial charge in [-0.1, -0.05) is 0 Å². The molecule has 3 nitrogen and oxygen atoms in total. The second-order valence-corrected chi connectivity index (χ2v) is 4.72. The van der Waals surface area contributed by atoms with Crippen molar-refractivity contribution in [1.29, 1.82) is 0 Å². The Morgan fingerprint density at radius 1 is 1.41 bits per heavy atom. The minimum absolute atomic E-state index is 0.452. The van der Waals surface area contributed by atoms with Crippen LogP contribution in [-0.2, 0) is 6.42 Å². The summed E-state index contributed by atoms with van der Waals surface area (Å²) in [7, 11) is 0. The van der Waals surface area contributed by atoms with Gasteiger partial charge in [0.1, 0.15) is 5.75 Å². The van der Waals surface area contributed by atoms with Crippen LogP contribution in [0.4, 0.5) is 0 Å². The lowest BCUT2D eigenvalue weighted by atomic mass is 9.97. The van der Waals surface area contributed by atoms with E-state index in [-0.39, 0.29) is 0 Å². The number of aliphatic hydroxyl groups is 1. The van der Waals surface area contributed by atoms with E-state index in [0.717, 1.165) is 42.7 Å². The summed E-state index contributed by atoms with van der Waals surface area (Å²) in [6.45, 7) is 3.36. The Morgan fingerprint density at radius 2 is 2.24 bits per heavy atom. The summed E-state index contributed by atoms with van der Waals surface area (Å²) < 4.78 is 5.77. The fourth-order valence-corrected chi connectivity index (χ4v) is 2.38. The molecule has 1 aliphatic heterocycles. The Hall–Kier alpha value is -1.06. The van der Waals surface area contributed by atoms with Gasteiger partial charge >= 0.3 is 0 Å². The molecule has 0 fully saturated rings. The molecule has 1 aliphatic rings. The van der Waals surface area contributed by atoms with Crippen LogP contribution in [0, 0.1) is 6.92 Å². The second kappa shape index (κ2) is 5.52. The lowest BCUT2D eigenvalue weighted by Crippen LogP contribution is -2.08. The molecule has 0 aliphatic carbocycles.